The minimum absolute atomic E-state index is 0.0167. The minimum Gasteiger partial charge on any atom is -0.352 e. The fraction of sp³-hybridized carbons (Fsp3) is 0.474. The first kappa shape index (κ1) is 15.4. The first-order valence-electron chi connectivity index (χ1n) is 8.83. The van der Waals surface area contributed by atoms with Crippen LogP contribution in [0.3, 0.4) is 0 Å². The molecule has 2 aromatic rings. The van der Waals surface area contributed by atoms with E-state index in [4.69, 9.17) is 0 Å². The van der Waals surface area contributed by atoms with Crippen LogP contribution in [0.1, 0.15) is 35.2 Å². The third-order valence-electron chi connectivity index (χ3n) is 5.04. The first-order chi connectivity index (χ1) is 11.7. The van der Waals surface area contributed by atoms with Gasteiger partial charge in [0.2, 0.25) is 0 Å². The van der Waals surface area contributed by atoms with Crippen molar-refractivity contribution in [2.75, 3.05) is 19.6 Å². The number of hydrogen-bond donors (Lipinski definition) is 1. The molecular weight excluding hydrogens is 300 g/mol. The fourth-order valence-corrected chi connectivity index (χ4v) is 3.46. The van der Waals surface area contributed by atoms with Crippen LogP contribution in [0.2, 0.25) is 0 Å². The lowest BCUT2D eigenvalue weighted by Crippen LogP contribution is -2.31. The molecule has 1 N–H and O–H groups in total. The Labute approximate surface area is 142 Å². The zero-order valence-electron chi connectivity index (χ0n) is 14.1. The van der Waals surface area contributed by atoms with E-state index in [9.17, 15) is 4.79 Å². The highest BCUT2D eigenvalue weighted by Crippen LogP contribution is 2.31. The van der Waals surface area contributed by atoms with Crippen molar-refractivity contribution < 1.29 is 4.79 Å². The Kier molecular flexibility index (Phi) is 4.10. The van der Waals surface area contributed by atoms with Crippen LogP contribution in [0.4, 0.5) is 0 Å². The monoisotopic (exact) mass is 324 g/mol. The van der Waals surface area contributed by atoms with Gasteiger partial charge in [-0.15, -0.1) is 0 Å². The molecule has 1 aromatic heterocycles. The van der Waals surface area contributed by atoms with Crippen molar-refractivity contribution in [1.29, 1.82) is 0 Å². The Hall–Kier alpha value is -2.14. The molecule has 5 heteroatoms. The molecule has 4 rings (SSSR count). The topological polar surface area (TPSA) is 50.2 Å². The van der Waals surface area contributed by atoms with Gasteiger partial charge in [0.25, 0.3) is 5.91 Å². The number of carbonyl (C=O) groups excluding carboxylic acids is 1. The van der Waals surface area contributed by atoms with Gasteiger partial charge >= 0.3 is 0 Å². The molecule has 0 spiro atoms. The van der Waals surface area contributed by atoms with Gasteiger partial charge < -0.3 is 10.2 Å². The quantitative estimate of drug-likeness (QED) is 0.919. The second-order valence-electron chi connectivity index (χ2n) is 7.10. The van der Waals surface area contributed by atoms with Crippen molar-refractivity contribution in [3.8, 4) is 5.69 Å². The number of rotatable bonds is 5. The largest absolute Gasteiger partial charge is 0.352 e. The molecule has 2 heterocycles. The van der Waals surface area contributed by atoms with Crippen molar-refractivity contribution in [3.63, 3.8) is 0 Å². The summed E-state index contributed by atoms with van der Waals surface area (Å²) in [5.41, 5.74) is 2.80. The predicted octanol–water partition coefficient (Wildman–Crippen LogP) is 2.39. The highest BCUT2D eigenvalue weighted by atomic mass is 16.1. The van der Waals surface area contributed by atoms with Gasteiger partial charge in [0, 0.05) is 30.9 Å². The van der Waals surface area contributed by atoms with Crippen LogP contribution in [-0.4, -0.2) is 46.3 Å². The number of nitrogens with zero attached hydrogens (tertiary/aromatic N) is 3. The summed E-state index contributed by atoms with van der Waals surface area (Å²) in [5.74, 6) is 0.615. The van der Waals surface area contributed by atoms with Crippen LogP contribution in [0.25, 0.3) is 5.69 Å². The van der Waals surface area contributed by atoms with Gasteiger partial charge in [-0.2, -0.15) is 5.10 Å². The lowest BCUT2D eigenvalue weighted by atomic mass is 10.1. The Morgan fingerprint density at radius 2 is 2.04 bits per heavy atom. The molecule has 1 amide bonds. The van der Waals surface area contributed by atoms with Crippen molar-refractivity contribution in [2.45, 2.75) is 32.2 Å². The number of aryl methyl sites for hydroxylation is 1. The Balaban J connectivity index is 1.31. The average molecular weight is 324 g/mol. The highest BCUT2D eigenvalue weighted by molar-refractivity contribution is 5.94. The summed E-state index contributed by atoms with van der Waals surface area (Å²) in [6.07, 6.45) is 7.73. The standard InChI is InChI=1S/C19H24N4O/c1-14-10-21-23(12-14)18-4-2-16(3-5-18)19(24)20-11-15-8-9-22(13-15)17-6-7-17/h2-5,10,12,15,17H,6-9,11,13H2,1H3,(H,20,24)/t15-/m0/s1. The molecule has 24 heavy (non-hydrogen) atoms. The summed E-state index contributed by atoms with van der Waals surface area (Å²) < 4.78 is 1.82. The van der Waals surface area contributed by atoms with Gasteiger partial charge in [0.15, 0.2) is 0 Å². The summed E-state index contributed by atoms with van der Waals surface area (Å²) in [6, 6.07) is 8.45. The van der Waals surface area contributed by atoms with E-state index in [1.807, 2.05) is 48.3 Å². The zero-order valence-corrected chi connectivity index (χ0v) is 14.1. The van der Waals surface area contributed by atoms with Crippen LogP contribution in [0.15, 0.2) is 36.7 Å². The molecule has 0 bridgehead atoms. The lowest BCUT2D eigenvalue weighted by Gasteiger charge is -2.15. The Morgan fingerprint density at radius 1 is 1.25 bits per heavy atom. The van der Waals surface area contributed by atoms with E-state index in [1.165, 1.54) is 25.8 Å². The molecule has 1 aliphatic heterocycles. The molecule has 1 aromatic carbocycles. The van der Waals surface area contributed by atoms with E-state index >= 15 is 0 Å². The number of hydrogen-bond acceptors (Lipinski definition) is 3. The van der Waals surface area contributed by atoms with Gasteiger partial charge in [-0.25, -0.2) is 4.68 Å². The molecular formula is C19H24N4O. The summed E-state index contributed by atoms with van der Waals surface area (Å²) >= 11 is 0. The molecule has 1 aliphatic carbocycles. The van der Waals surface area contributed by atoms with Crippen molar-refractivity contribution in [3.05, 3.63) is 47.8 Å². The molecule has 1 saturated heterocycles. The van der Waals surface area contributed by atoms with Gasteiger partial charge in [-0.1, -0.05) is 0 Å². The number of nitrogens with one attached hydrogen (secondary N) is 1. The lowest BCUT2D eigenvalue weighted by molar-refractivity contribution is 0.0947. The second kappa shape index (κ2) is 6.40. The molecule has 0 unspecified atom stereocenters. The predicted molar refractivity (Wildman–Crippen MR) is 93.3 cm³/mol. The van der Waals surface area contributed by atoms with Gasteiger partial charge in [0.05, 0.1) is 11.9 Å². The van der Waals surface area contributed by atoms with Crippen LogP contribution in [0, 0.1) is 12.8 Å². The summed E-state index contributed by atoms with van der Waals surface area (Å²) in [4.78, 5) is 14.9. The molecule has 126 valence electrons. The maximum absolute atomic E-state index is 12.3. The number of likely N-dealkylation sites (tertiary alicyclic amines) is 1. The number of benzene rings is 1. The summed E-state index contributed by atoms with van der Waals surface area (Å²) in [7, 11) is 0. The number of amides is 1. The van der Waals surface area contributed by atoms with Gasteiger partial charge in [-0.3, -0.25) is 4.79 Å². The van der Waals surface area contributed by atoms with Crippen LogP contribution < -0.4 is 5.32 Å². The molecule has 1 saturated carbocycles. The third-order valence-corrected chi connectivity index (χ3v) is 5.04. The van der Waals surface area contributed by atoms with Crippen molar-refractivity contribution >= 4 is 5.91 Å². The summed E-state index contributed by atoms with van der Waals surface area (Å²) in [6.45, 7) is 5.13. The molecule has 1 atom stereocenters. The van der Waals surface area contributed by atoms with Gasteiger partial charge in [-0.05, 0) is 68.5 Å². The second-order valence-corrected chi connectivity index (χ2v) is 7.10. The number of aromatic nitrogens is 2. The van der Waals surface area contributed by atoms with Crippen LogP contribution in [0.5, 0.6) is 0 Å². The van der Waals surface area contributed by atoms with E-state index < -0.39 is 0 Å². The molecule has 5 nitrogen and oxygen atoms in total. The van der Waals surface area contributed by atoms with E-state index in [1.54, 1.807) is 0 Å². The number of carbonyl (C=O) groups is 1. The van der Waals surface area contributed by atoms with E-state index in [0.29, 0.717) is 11.5 Å². The molecule has 0 radical (unpaired) electrons. The molecule has 2 fully saturated rings. The van der Waals surface area contributed by atoms with Gasteiger partial charge in [0.1, 0.15) is 0 Å². The maximum Gasteiger partial charge on any atom is 0.251 e. The fourth-order valence-electron chi connectivity index (χ4n) is 3.46. The summed E-state index contributed by atoms with van der Waals surface area (Å²) in [5, 5.41) is 7.38. The minimum atomic E-state index is 0.0167. The van der Waals surface area contributed by atoms with E-state index in [-0.39, 0.29) is 5.91 Å². The van der Waals surface area contributed by atoms with E-state index in [2.05, 4.69) is 15.3 Å². The van der Waals surface area contributed by atoms with Crippen molar-refractivity contribution in [2.24, 2.45) is 5.92 Å². The van der Waals surface area contributed by atoms with Crippen LogP contribution in [-0.2, 0) is 0 Å². The van der Waals surface area contributed by atoms with Crippen molar-refractivity contribution in [1.82, 2.24) is 20.0 Å². The van der Waals surface area contributed by atoms with Crippen LogP contribution >= 0.6 is 0 Å². The molecule has 2 aliphatic rings. The highest BCUT2D eigenvalue weighted by Gasteiger charge is 2.34. The zero-order chi connectivity index (χ0) is 16.5. The Morgan fingerprint density at radius 3 is 2.71 bits per heavy atom. The maximum atomic E-state index is 12.3. The Bertz CT molecular complexity index is 717. The third kappa shape index (κ3) is 3.36. The van der Waals surface area contributed by atoms with E-state index in [0.717, 1.165) is 30.4 Å². The normalized spacial score (nSPS) is 21.1. The first-order valence-corrected chi connectivity index (χ1v) is 8.83. The average Bonchev–Trinajstić information content (AvgIpc) is 3.19. The smallest absolute Gasteiger partial charge is 0.251 e. The SMILES string of the molecule is Cc1cnn(-c2ccc(C(=O)NC[C@@H]3CCN(C4CC4)C3)cc2)c1.